The number of hydrogen-bond donors (Lipinski definition) is 2. The standard InChI is InChI=1S/C10H22N2/c1-8-5-9(8)6-12-7-10(2,3)11-4/h8-9,11-12H,5-7H2,1-4H3. The van der Waals surface area contributed by atoms with Crippen LogP contribution in [0, 0.1) is 11.8 Å². The zero-order valence-electron chi connectivity index (χ0n) is 8.78. The lowest BCUT2D eigenvalue weighted by Crippen LogP contribution is -2.46. The molecule has 1 rings (SSSR count). The minimum atomic E-state index is 0.234. The molecule has 12 heavy (non-hydrogen) atoms. The minimum Gasteiger partial charge on any atom is -0.315 e. The molecule has 0 saturated heterocycles. The van der Waals surface area contributed by atoms with Gasteiger partial charge in [0.25, 0.3) is 0 Å². The molecular weight excluding hydrogens is 148 g/mol. The lowest BCUT2D eigenvalue weighted by atomic mass is 10.1. The number of likely N-dealkylation sites (N-methyl/N-ethyl adjacent to an activating group) is 1. The second-order valence-electron chi connectivity index (χ2n) is 4.74. The molecule has 1 fully saturated rings. The van der Waals surface area contributed by atoms with Gasteiger partial charge in [0.05, 0.1) is 0 Å². The van der Waals surface area contributed by atoms with Crippen molar-refractivity contribution >= 4 is 0 Å². The molecule has 0 amide bonds. The third-order valence-corrected chi connectivity index (χ3v) is 2.93. The van der Waals surface area contributed by atoms with Crippen molar-refractivity contribution in [2.75, 3.05) is 20.1 Å². The van der Waals surface area contributed by atoms with Crippen LogP contribution in [0.4, 0.5) is 0 Å². The fourth-order valence-corrected chi connectivity index (χ4v) is 1.34. The molecule has 0 heterocycles. The largest absolute Gasteiger partial charge is 0.315 e. The Kier molecular flexibility index (Phi) is 3.13. The second kappa shape index (κ2) is 3.75. The van der Waals surface area contributed by atoms with Crippen molar-refractivity contribution in [2.45, 2.75) is 32.7 Å². The molecule has 72 valence electrons. The fraction of sp³-hybridized carbons (Fsp3) is 1.00. The van der Waals surface area contributed by atoms with Gasteiger partial charge in [-0.05, 0) is 45.7 Å². The summed E-state index contributed by atoms with van der Waals surface area (Å²) in [5.74, 6) is 1.92. The molecule has 2 unspecified atom stereocenters. The first-order chi connectivity index (χ1) is 5.55. The highest BCUT2D eigenvalue weighted by Crippen LogP contribution is 2.36. The van der Waals surface area contributed by atoms with Gasteiger partial charge in [0.2, 0.25) is 0 Å². The van der Waals surface area contributed by atoms with Crippen LogP contribution in [0.2, 0.25) is 0 Å². The lowest BCUT2D eigenvalue weighted by Gasteiger charge is -2.24. The summed E-state index contributed by atoms with van der Waals surface area (Å²) in [6, 6.07) is 0. The highest BCUT2D eigenvalue weighted by molar-refractivity contribution is 4.86. The van der Waals surface area contributed by atoms with Crippen LogP contribution in [0.5, 0.6) is 0 Å². The van der Waals surface area contributed by atoms with E-state index in [1.807, 2.05) is 7.05 Å². The van der Waals surface area contributed by atoms with Gasteiger partial charge in [-0.2, -0.15) is 0 Å². The van der Waals surface area contributed by atoms with Gasteiger partial charge in [-0.25, -0.2) is 0 Å². The molecule has 0 aliphatic heterocycles. The smallest absolute Gasteiger partial charge is 0.0246 e. The van der Waals surface area contributed by atoms with Gasteiger partial charge in [0, 0.05) is 12.1 Å². The number of nitrogens with one attached hydrogen (secondary N) is 2. The van der Waals surface area contributed by atoms with Crippen molar-refractivity contribution < 1.29 is 0 Å². The summed E-state index contributed by atoms with van der Waals surface area (Å²) < 4.78 is 0. The molecule has 0 spiro atoms. The van der Waals surface area contributed by atoms with E-state index in [0.29, 0.717) is 0 Å². The van der Waals surface area contributed by atoms with Crippen molar-refractivity contribution in [3.63, 3.8) is 0 Å². The highest BCUT2D eigenvalue weighted by Gasteiger charge is 2.31. The average molecular weight is 170 g/mol. The fourth-order valence-electron chi connectivity index (χ4n) is 1.34. The van der Waals surface area contributed by atoms with Crippen molar-refractivity contribution in [3.8, 4) is 0 Å². The Hall–Kier alpha value is -0.0800. The van der Waals surface area contributed by atoms with Crippen LogP contribution in [0.1, 0.15) is 27.2 Å². The van der Waals surface area contributed by atoms with E-state index in [2.05, 4.69) is 31.4 Å². The first-order valence-electron chi connectivity index (χ1n) is 4.95. The van der Waals surface area contributed by atoms with Crippen molar-refractivity contribution in [2.24, 2.45) is 11.8 Å². The van der Waals surface area contributed by atoms with E-state index < -0.39 is 0 Å². The van der Waals surface area contributed by atoms with Crippen LogP contribution in [0.15, 0.2) is 0 Å². The molecule has 2 atom stereocenters. The van der Waals surface area contributed by atoms with Gasteiger partial charge in [-0.3, -0.25) is 0 Å². The molecule has 2 heteroatoms. The van der Waals surface area contributed by atoms with Gasteiger partial charge in [0.15, 0.2) is 0 Å². The summed E-state index contributed by atoms with van der Waals surface area (Å²) in [5.41, 5.74) is 0.234. The van der Waals surface area contributed by atoms with E-state index in [1.165, 1.54) is 13.0 Å². The topological polar surface area (TPSA) is 24.1 Å². The molecule has 0 radical (unpaired) electrons. The molecular formula is C10H22N2. The van der Waals surface area contributed by atoms with Gasteiger partial charge < -0.3 is 10.6 Å². The monoisotopic (exact) mass is 170 g/mol. The lowest BCUT2D eigenvalue weighted by molar-refractivity contribution is 0.389. The molecule has 2 N–H and O–H groups in total. The van der Waals surface area contributed by atoms with Crippen LogP contribution in [0.25, 0.3) is 0 Å². The summed E-state index contributed by atoms with van der Waals surface area (Å²) in [5, 5.41) is 6.79. The molecule has 0 aromatic rings. The number of rotatable bonds is 5. The summed E-state index contributed by atoms with van der Waals surface area (Å²) in [6.07, 6.45) is 1.42. The van der Waals surface area contributed by atoms with Crippen LogP contribution >= 0.6 is 0 Å². The van der Waals surface area contributed by atoms with E-state index in [4.69, 9.17) is 0 Å². The van der Waals surface area contributed by atoms with Crippen LogP contribution in [0.3, 0.4) is 0 Å². The Balaban J connectivity index is 2.02. The van der Waals surface area contributed by atoms with E-state index in [0.717, 1.165) is 18.4 Å². The first kappa shape index (κ1) is 10.0. The van der Waals surface area contributed by atoms with Crippen LogP contribution < -0.4 is 10.6 Å². The SMILES string of the molecule is CNC(C)(C)CNCC1CC1C. The second-order valence-corrected chi connectivity index (χ2v) is 4.74. The summed E-state index contributed by atoms with van der Waals surface area (Å²) in [6.45, 7) is 9.03. The third kappa shape index (κ3) is 3.11. The Morgan fingerprint density at radius 2 is 2.00 bits per heavy atom. The predicted octanol–water partition coefficient (Wildman–Crippen LogP) is 1.23. The van der Waals surface area contributed by atoms with Gasteiger partial charge in [-0.15, -0.1) is 0 Å². The maximum Gasteiger partial charge on any atom is 0.0246 e. The van der Waals surface area contributed by atoms with E-state index in [-0.39, 0.29) is 5.54 Å². The molecule has 1 aliphatic rings. The highest BCUT2D eigenvalue weighted by atomic mass is 15.0. The van der Waals surface area contributed by atoms with E-state index in [1.54, 1.807) is 0 Å². The Morgan fingerprint density at radius 1 is 1.42 bits per heavy atom. The van der Waals surface area contributed by atoms with E-state index in [9.17, 15) is 0 Å². The quantitative estimate of drug-likeness (QED) is 0.648. The van der Waals surface area contributed by atoms with Gasteiger partial charge in [-0.1, -0.05) is 6.92 Å². The minimum absolute atomic E-state index is 0.234. The summed E-state index contributed by atoms with van der Waals surface area (Å²) in [4.78, 5) is 0. The summed E-state index contributed by atoms with van der Waals surface area (Å²) >= 11 is 0. The average Bonchev–Trinajstić information content (AvgIpc) is 2.67. The Morgan fingerprint density at radius 3 is 2.42 bits per heavy atom. The Bertz CT molecular complexity index is 143. The molecule has 1 saturated carbocycles. The first-order valence-corrected chi connectivity index (χ1v) is 4.95. The molecule has 2 nitrogen and oxygen atoms in total. The van der Waals surface area contributed by atoms with Gasteiger partial charge >= 0.3 is 0 Å². The van der Waals surface area contributed by atoms with Crippen molar-refractivity contribution in [1.82, 2.24) is 10.6 Å². The van der Waals surface area contributed by atoms with Crippen LogP contribution in [-0.2, 0) is 0 Å². The number of hydrogen-bond acceptors (Lipinski definition) is 2. The van der Waals surface area contributed by atoms with Crippen molar-refractivity contribution in [1.29, 1.82) is 0 Å². The normalized spacial score (nSPS) is 29.0. The molecule has 0 aromatic carbocycles. The zero-order valence-corrected chi connectivity index (χ0v) is 8.78. The van der Waals surface area contributed by atoms with Crippen molar-refractivity contribution in [3.05, 3.63) is 0 Å². The maximum absolute atomic E-state index is 3.51. The Labute approximate surface area is 76.1 Å². The zero-order chi connectivity index (χ0) is 9.19. The van der Waals surface area contributed by atoms with E-state index >= 15 is 0 Å². The maximum atomic E-state index is 3.51. The molecule has 0 bridgehead atoms. The van der Waals surface area contributed by atoms with Gasteiger partial charge in [0.1, 0.15) is 0 Å². The molecule has 1 aliphatic carbocycles. The summed E-state index contributed by atoms with van der Waals surface area (Å²) in [7, 11) is 2.02. The molecule has 0 aromatic heterocycles. The predicted molar refractivity (Wildman–Crippen MR) is 53.3 cm³/mol. The third-order valence-electron chi connectivity index (χ3n) is 2.93. The van der Waals surface area contributed by atoms with Crippen LogP contribution in [-0.4, -0.2) is 25.7 Å².